The quantitative estimate of drug-likeness (QED) is 0.819. The van der Waals surface area contributed by atoms with Crippen molar-refractivity contribution in [3.8, 4) is 0 Å². The van der Waals surface area contributed by atoms with Gasteiger partial charge < -0.3 is 10.1 Å². The van der Waals surface area contributed by atoms with Crippen LogP contribution >= 0.6 is 0 Å². The van der Waals surface area contributed by atoms with Crippen molar-refractivity contribution in [1.29, 1.82) is 0 Å². The minimum atomic E-state index is -0.562. The van der Waals surface area contributed by atoms with Crippen LogP contribution in [-0.2, 0) is 9.53 Å². The number of benzene rings is 1. The van der Waals surface area contributed by atoms with Gasteiger partial charge in [-0.25, -0.2) is 0 Å². The minimum absolute atomic E-state index is 0.143. The Morgan fingerprint density at radius 2 is 1.86 bits per heavy atom. The molecular weight excluding hydrogens is 266 g/mol. The van der Waals surface area contributed by atoms with Crippen molar-refractivity contribution in [3.05, 3.63) is 35.9 Å². The third kappa shape index (κ3) is 3.09. The number of hydrogen-bond donors (Lipinski definition) is 1. The van der Waals surface area contributed by atoms with E-state index in [1.165, 1.54) is 0 Å². The fourth-order valence-electron chi connectivity index (χ4n) is 3.19. The Morgan fingerprint density at radius 1 is 1.24 bits per heavy atom. The van der Waals surface area contributed by atoms with Crippen LogP contribution in [0, 0.1) is 5.41 Å². The Bertz CT molecular complexity index is 492. The Hall–Kier alpha value is -1.84. The first-order chi connectivity index (χ1) is 10.1. The molecule has 1 fully saturated rings. The molecule has 1 heterocycles. The lowest BCUT2D eigenvalue weighted by atomic mass is 9.74. The molecule has 1 N–H and O–H groups in total. The summed E-state index contributed by atoms with van der Waals surface area (Å²) in [6, 6.07) is 8.84. The second-order valence-electron chi connectivity index (χ2n) is 5.65. The van der Waals surface area contributed by atoms with Crippen molar-refractivity contribution < 1.29 is 14.3 Å². The van der Waals surface area contributed by atoms with Crippen molar-refractivity contribution in [3.63, 3.8) is 0 Å². The lowest BCUT2D eigenvalue weighted by Gasteiger charge is -2.31. The van der Waals surface area contributed by atoms with Crippen LogP contribution in [0.25, 0.3) is 0 Å². The van der Waals surface area contributed by atoms with Crippen LogP contribution in [-0.4, -0.2) is 24.5 Å². The molecule has 0 radical (unpaired) electrons. The summed E-state index contributed by atoms with van der Waals surface area (Å²) < 4.78 is 5.27. The second-order valence-corrected chi connectivity index (χ2v) is 5.65. The molecule has 1 saturated heterocycles. The maximum absolute atomic E-state index is 12.3. The summed E-state index contributed by atoms with van der Waals surface area (Å²) in [5.41, 5.74) is 0.0484. The lowest BCUT2D eigenvalue weighted by Crippen LogP contribution is -2.48. The molecule has 1 aromatic rings. The number of esters is 1. The summed E-state index contributed by atoms with van der Waals surface area (Å²) >= 11 is 0. The Morgan fingerprint density at radius 3 is 2.43 bits per heavy atom. The van der Waals surface area contributed by atoms with Crippen LogP contribution in [0.5, 0.6) is 0 Å². The van der Waals surface area contributed by atoms with Crippen molar-refractivity contribution in [2.45, 2.75) is 45.6 Å². The van der Waals surface area contributed by atoms with Gasteiger partial charge in [0.25, 0.3) is 5.91 Å². The number of carbonyl (C=O) groups excluding carboxylic acids is 2. The van der Waals surface area contributed by atoms with Gasteiger partial charge in [0, 0.05) is 5.56 Å². The van der Waals surface area contributed by atoms with Crippen LogP contribution in [0.2, 0.25) is 0 Å². The number of rotatable bonds is 6. The molecule has 4 nitrogen and oxygen atoms in total. The standard InChI is InChI=1S/C17H23NO3/c1-3-10-17(11-4-2)14(12-21-16(17)20)18-15(19)13-8-6-5-7-9-13/h5-9,14H,3-4,10-12H2,1-2H3,(H,18,19)/t14-/m1/s1. The molecule has 2 rings (SSSR count). The molecular formula is C17H23NO3. The number of cyclic esters (lactones) is 1. The summed E-state index contributed by atoms with van der Waals surface area (Å²) in [5, 5.41) is 3.00. The average Bonchev–Trinajstić information content (AvgIpc) is 2.78. The van der Waals surface area contributed by atoms with E-state index >= 15 is 0 Å². The molecule has 1 amide bonds. The van der Waals surface area contributed by atoms with Crippen molar-refractivity contribution in [2.24, 2.45) is 5.41 Å². The predicted molar refractivity (Wildman–Crippen MR) is 80.9 cm³/mol. The molecule has 1 aliphatic heterocycles. The van der Waals surface area contributed by atoms with Gasteiger partial charge in [-0.2, -0.15) is 0 Å². The van der Waals surface area contributed by atoms with Crippen LogP contribution in [0.1, 0.15) is 49.9 Å². The zero-order valence-corrected chi connectivity index (χ0v) is 12.7. The van der Waals surface area contributed by atoms with Crippen LogP contribution < -0.4 is 5.32 Å². The molecule has 114 valence electrons. The number of carbonyl (C=O) groups is 2. The van der Waals surface area contributed by atoms with E-state index in [0.717, 1.165) is 25.7 Å². The van der Waals surface area contributed by atoms with Crippen LogP contribution in [0.4, 0.5) is 0 Å². The molecule has 1 aliphatic rings. The molecule has 1 aromatic carbocycles. The van der Waals surface area contributed by atoms with E-state index in [1.807, 2.05) is 18.2 Å². The zero-order valence-electron chi connectivity index (χ0n) is 12.7. The predicted octanol–water partition coefficient (Wildman–Crippen LogP) is 2.93. The minimum Gasteiger partial charge on any atom is -0.463 e. The van der Waals surface area contributed by atoms with Gasteiger partial charge in [0.05, 0.1) is 11.5 Å². The summed E-state index contributed by atoms with van der Waals surface area (Å²) in [5.74, 6) is -0.306. The van der Waals surface area contributed by atoms with Crippen molar-refractivity contribution in [2.75, 3.05) is 6.61 Å². The monoisotopic (exact) mass is 289 g/mol. The molecule has 0 bridgehead atoms. The molecule has 4 heteroatoms. The molecule has 0 spiro atoms. The van der Waals surface area contributed by atoms with E-state index in [4.69, 9.17) is 4.74 Å². The third-order valence-electron chi connectivity index (χ3n) is 4.19. The maximum atomic E-state index is 12.3. The highest BCUT2D eigenvalue weighted by atomic mass is 16.5. The van der Waals surface area contributed by atoms with Gasteiger partial charge in [0.1, 0.15) is 6.61 Å². The van der Waals surface area contributed by atoms with Gasteiger partial charge in [0.2, 0.25) is 0 Å². The highest BCUT2D eigenvalue weighted by Gasteiger charge is 2.51. The van der Waals surface area contributed by atoms with Gasteiger partial charge in [-0.1, -0.05) is 44.9 Å². The molecule has 1 atom stereocenters. The smallest absolute Gasteiger partial charge is 0.314 e. The van der Waals surface area contributed by atoms with Gasteiger partial charge in [0.15, 0.2) is 0 Å². The van der Waals surface area contributed by atoms with Gasteiger partial charge >= 0.3 is 5.97 Å². The summed E-state index contributed by atoms with van der Waals surface area (Å²) in [6.45, 7) is 4.38. The van der Waals surface area contributed by atoms with Gasteiger partial charge in [-0.05, 0) is 25.0 Å². The highest BCUT2D eigenvalue weighted by Crippen LogP contribution is 2.39. The van der Waals surface area contributed by atoms with E-state index in [-0.39, 0.29) is 24.5 Å². The SMILES string of the molecule is CCCC1(CCC)C(=O)OC[C@H]1NC(=O)c1ccccc1. The fraction of sp³-hybridized carbons (Fsp3) is 0.529. The lowest BCUT2D eigenvalue weighted by molar-refractivity contribution is -0.147. The first-order valence-electron chi connectivity index (χ1n) is 7.67. The van der Waals surface area contributed by atoms with Crippen LogP contribution in [0.3, 0.4) is 0 Å². The van der Waals surface area contributed by atoms with E-state index < -0.39 is 5.41 Å². The van der Waals surface area contributed by atoms with Crippen LogP contribution in [0.15, 0.2) is 30.3 Å². The first kappa shape index (κ1) is 15.5. The van der Waals surface area contributed by atoms with E-state index in [9.17, 15) is 9.59 Å². The normalized spacial score (nSPS) is 20.1. The molecule has 0 saturated carbocycles. The highest BCUT2D eigenvalue weighted by molar-refractivity contribution is 5.95. The van der Waals surface area contributed by atoms with Crippen molar-refractivity contribution >= 4 is 11.9 Å². The molecule has 0 aromatic heterocycles. The summed E-state index contributed by atoms with van der Waals surface area (Å²) in [4.78, 5) is 24.6. The van der Waals surface area contributed by atoms with Gasteiger partial charge in [-0.3, -0.25) is 9.59 Å². The number of ether oxygens (including phenoxy) is 1. The van der Waals surface area contributed by atoms with Gasteiger partial charge in [-0.15, -0.1) is 0 Å². The number of hydrogen-bond acceptors (Lipinski definition) is 3. The van der Waals surface area contributed by atoms with E-state index in [0.29, 0.717) is 5.56 Å². The summed E-state index contributed by atoms with van der Waals surface area (Å²) in [7, 11) is 0. The first-order valence-corrected chi connectivity index (χ1v) is 7.67. The molecule has 21 heavy (non-hydrogen) atoms. The second kappa shape index (κ2) is 6.74. The summed E-state index contributed by atoms with van der Waals surface area (Å²) in [6.07, 6.45) is 3.29. The average molecular weight is 289 g/mol. The molecule has 0 aliphatic carbocycles. The maximum Gasteiger partial charge on any atom is 0.314 e. The topological polar surface area (TPSA) is 55.4 Å². The van der Waals surface area contributed by atoms with E-state index in [2.05, 4.69) is 19.2 Å². The zero-order chi connectivity index (χ0) is 15.3. The third-order valence-corrected chi connectivity index (χ3v) is 4.19. The van der Waals surface area contributed by atoms with E-state index in [1.54, 1.807) is 12.1 Å². The number of amides is 1. The number of nitrogens with one attached hydrogen (secondary N) is 1. The Kier molecular flexibility index (Phi) is 4.99. The largest absolute Gasteiger partial charge is 0.463 e. The fourth-order valence-corrected chi connectivity index (χ4v) is 3.19. The Balaban J connectivity index is 2.17. The molecule has 0 unspecified atom stereocenters. The van der Waals surface area contributed by atoms with Crippen molar-refractivity contribution in [1.82, 2.24) is 5.32 Å². The Labute approximate surface area is 125 Å².